The van der Waals surface area contributed by atoms with E-state index in [2.05, 4.69) is 15.4 Å². The van der Waals surface area contributed by atoms with Crippen LogP contribution in [0, 0.1) is 5.82 Å². The fraction of sp³-hybridized carbons (Fsp3) is 0.143. The smallest absolute Gasteiger partial charge is 0.378 e. The molecule has 2 aromatic heterocycles. The third-order valence-corrected chi connectivity index (χ3v) is 4.89. The third-order valence-electron chi connectivity index (χ3n) is 3.37. The fourth-order valence-corrected chi connectivity index (χ4v) is 3.14. The van der Waals surface area contributed by atoms with Crippen LogP contribution in [0.4, 0.5) is 23.2 Å². The van der Waals surface area contributed by atoms with Gasteiger partial charge in [-0.1, -0.05) is 0 Å². The Bertz CT molecular complexity index is 1030. The Kier molecular flexibility index (Phi) is 4.11. The van der Waals surface area contributed by atoms with Gasteiger partial charge in [0.1, 0.15) is 10.7 Å². The van der Waals surface area contributed by atoms with Gasteiger partial charge in [0.2, 0.25) is 0 Å². The molecule has 0 spiro atoms. The highest BCUT2D eigenvalue weighted by molar-refractivity contribution is 7.92. The molecule has 0 aliphatic rings. The minimum atomic E-state index is -5.70. The number of hydrogen-bond acceptors (Lipinski definition) is 5. The number of alkyl halides is 3. The lowest BCUT2D eigenvalue weighted by molar-refractivity contribution is -0.0435. The quantitative estimate of drug-likeness (QED) is 0.711. The second-order valence-electron chi connectivity index (χ2n) is 4.98. The number of hydrogen-bond donors (Lipinski definition) is 1. The molecule has 2 heterocycles. The number of halogens is 4. The van der Waals surface area contributed by atoms with Crippen LogP contribution in [-0.2, 0) is 16.4 Å². The van der Waals surface area contributed by atoms with Crippen molar-refractivity contribution in [2.45, 2.75) is 16.9 Å². The van der Waals surface area contributed by atoms with Gasteiger partial charge in [-0.25, -0.2) is 22.3 Å². The fourth-order valence-electron chi connectivity index (χ4n) is 2.19. The second-order valence-corrected chi connectivity index (χ2v) is 6.89. The van der Waals surface area contributed by atoms with Gasteiger partial charge in [0.25, 0.3) is 9.84 Å². The number of sulfone groups is 1. The molecule has 11 heteroatoms. The topological polar surface area (TPSA) is 76.4 Å². The molecular weight excluding hydrogens is 364 g/mol. The summed E-state index contributed by atoms with van der Waals surface area (Å²) < 4.78 is 76.5. The zero-order valence-corrected chi connectivity index (χ0v) is 13.1. The molecule has 0 aliphatic heterocycles. The molecule has 25 heavy (non-hydrogen) atoms. The lowest BCUT2D eigenvalue weighted by Crippen LogP contribution is -2.24. The van der Waals surface area contributed by atoms with Gasteiger partial charge in [0.15, 0.2) is 5.65 Å². The first-order chi connectivity index (χ1) is 11.7. The molecule has 3 rings (SSSR count). The average molecular weight is 374 g/mol. The van der Waals surface area contributed by atoms with E-state index < -0.39 is 26.1 Å². The molecule has 6 nitrogen and oxygen atoms in total. The molecule has 0 aliphatic carbocycles. The van der Waals surface area contributed by atoms with Crippen molar-refractivity contribution in [3.05, 3.63) is 54.2 Å². The van der Waals surface area contributed by atoms with Crippen molar-refractivity contribution in [3.8, 4) is 0 Å². The molecule has 1 aromatic carbocycles. The number of aromatic nitrogens is 3. The van der Waals surface area contributed by atoms with E-state index in [0.29, 0.717) is 17.4 Å². The summed E-state index contributed by atoms with van der Waals surface area (Å²) in [5.74, 6) is -1.09. The molecule has 132 valence electrons. The summed E-state index contributed by atoms with van der Waals surface area (Å²) in [6.07, 6.45) is 2.97. The van der Waals surface area contributed by atoms with E-state index in [4.69, 9.17) is 0 Å². The van der Waals surface area contributed by atoms with Crippen LogP contribution < -0.4 is 5.32 Å². The highest BCUT2D eigenvalue weighted by Crippen LogP contribution is 2.34. The molecule has 3 aromatic rings. The van der Waals surface area contributed by atoms with E-state index in [0.717, 1.165) is 12.1 Å². The zero-order chi connectivity index (χ0) is 18.2. The van der Waals surface area contributed by atoms with Gasteiger partial charge in [0, 0.05) is 12.3 Å². The minimum Gasteiger partial charge on any atom is -0.378 e. The highest BCUT2D eigenvalue weighted by atomic mass is 32.2. The SMILES string of the molecule is O=S(=O)(c1cc(F)ccc1NCc1ccnc2ccnn12)C(F)(F)F. The summed E-state index contributed by atoms with van der Waals surface area (Å²) in [5, 5.41) is 6.59. The Morgan fingerprint density at radius 3 is 2.60 bits per heavy atom. The Morgan fingerprint density at radius 1 is 1.12 bits per heavy atom. The average Bonchev–Trinajstić information content (AvgIpc) is 3.01. The van der Waals surface area contributed by atoms with Gasteiger partial charge in [-0.2, -0.15) is 18.3 Å². The maximum Gasteiger partial charge on any atom is 0.501 e. The summed E-state index contributed by atoms with van der Waals surface area (Å²) in [6.45, 7) is -0.0489. The van der Waals surface area contributed by atoms with Crippen LogP contribution in [0.3, 0.4) is 0 Å². The summed E-state index contributed by atoms with van der Waals surface area (Å²) in [5.41, 5.74) is -4.87. The summed E-state index contributed by atoms with van der Waals surface area (Å²) in [6, 6.07) is 5.33. The first-order valence-electron chi connectivity index (χ1n) is 6.82. The van der Waals surface area contributed by atoms with Crippen molar-refractivity contribution in [1.29, 1.82) is 0 Å². The van der Waals surface area contributed by atoms with Crippen LogP contribution in [0.1, 0.15) is 5.69 Å². The second kappa shape index (κ2) is 5.99. The number of fused-ring (bicyclic) bond motifs is 1. The first-order valence-corrected chi connectivity index (χ1v) is 8.31. The van der Waals surface area contributed by atoms with Crippen molar-refractivity contribution < 1.29 is 26.0 Å². The van der Waals surface area contributed by atoms with Crippen LogP contribution in [0.15, 0.2) is 47.6 Å². The van der Waals surface area contributed by atoms with Crippen LogP contribution in [0.5, 0.6) is 0 Å². The van der Waals surface area contributed by atoms with Gasteiger partial charge in [-0.15, -0.1) is 0 Å². The van der Waals surface area contributed by atoms with Gasteiger partial charge in [-0.05, 0) is 24.3 Å². The highest BCUT2D eigenvalue weighted by Gasteiger charge is 2.48. The van der Waals surface area contributed by atoms with Crippen molar-refractivity contribution in [2.24, 2.45) is 0 Å². The van der Waals surface area contributed by atoms with Crippen LogP contribution >= 0.6 is 0 Å². The lowest BCUT2D eigenvalue weighted by atomic mass is 10.3. The Hall–Kier alpha value is -2.69. The molecule has 0 bridgehead atoms. The lowest BCUT2D eigenvalue weighted by Gasteiger charge is -2.14. The Morgan fingerprint density at radius 2 is 1.88 bits per heavy atom. The Labute approximate surface area is 139 Å². The molecule has 0 fully saturated rings. The van der Waals surface area contributed by atoms with Gasteiger partial charge < -0.3 is 5.32 Å². The van der Waals surface area contributed by atoms with Crippen molar-refractivity contribution >= 4 is 21.2 Å². The summed E-state index contributed by atoms with van der Waals surface area (Å²) in [7, 11) is -5.70. The third kappa shape index (κ3) is 3.14. The van der Waals surface area contributed by atoms with E-state index in [9.17, 15) is 26.0 Å². The molecule has 0 radical (unpaired) electrons. The Balaban J connectivity index is 1.97. The molecule has 0 unspecified atom stereocenters. The van der Waals surface area contributed by atoms with Crippen LogP contribution in [0.2, 0.25) is 0 Å². The number of nitrogens with one attached hydrogen (secondary N) is 1. The minimum absolute atomic E-state index is 0.0489. The number of rotatable bonds is 4. The van der Waals surface area contributed by atoms with Gasteiger partial charge >= 0.3 is 5.51 Å². The van der Waals surface area contributed by atoms with Crippen molar-refractivity contribution in [1.82, 2.24) is 14.6 Å². The van der Waals surface area contributed by atoms with Crippen LogP contribution in [0.25, 0.3) is 5.65 Å². The number of anilines is 1. The molecule has 0 amide bonds. The standard InChI is InChI=1S/C14H10F4N4O2S/c15-9-1-2-11(12(7-9)25(23,24)14(16,17)18)20-8-10-3-5-19-13-4-6-21-22(10)13/h1-7,20H,8H2. The zero-order valence-electron chi connectivity index (χ0n) is 12.3. The van der Waals surface area contributed by atoms with E-state index in [-0.39, 0.29) is 12.2 Å². The predicted molar refractivity (Wildman–Crippen MR) is 80.0 cm³/mol. The van der Waals surface area contributed by atoms with Crippen molar-refractivity contribution in [2.75, 3.05) is 5.32 Å². The van der Waals surface area contributed by atoms with Crippen LogP contribution in [-0.4, -0.2) is 28.5 Å². The molecule has 0 atom stereocenters. The molecule has 0 saturated carbocycles. The van der Waals surface area contributed by atoms with E-state index in [1.54, 1.807) is 12.1 Å². The summed E-state index contributed by atoms with van der Waals surface area (Å²) in [4.78, 5) is 2.86. The summed E-state index contributed by atoms with van der Waals surface area (Å²) >= 11 is 0. The maximum absolute atomic E-state index is 13.3. The molecular formula is C14H10F4N4O2S. The van der Waals surface area contributed by atoms with E-state index in [1.807, 2.05) is 0 Å². The van der Waals surface area contributed by atoms with E-state index >= 15 is 0 Å². The first kappa shape index (κ1) is 17.1. The van der Waals surface area contributed by atoms with Crippen molar-refractivity contribution in [3.63, 3.8) is 0 Å². The largest absolute Gasteiger partial charge is 0.501 e. The normalized spacial score (nSPS) is 12.5. The molecule has 1 N–H and O–H groups in total. The molecule has 0 saturated heterocycles. The van der Waals surface area contributed by atoms with E-state index in [1.165, 1.54) is 16.9 Å². The maximum atomic E-state index is 13.3. The van der Waals surface area contributed by atoms with Gasteiger partial charge in [0.05, 0.1) is 24.1 Å². The predicted octanol–water partition coefficient (Wildman–Crippen LogP) is 2.77. The number of nitrogens with zero attached hydrogens (tertiary/aromatic N) is 3. The number of benzene rings is 1. The van der Waals surface area contributed by atoms with Gasteiger partial charge in [-0.3, -0.25) is 0 Å². The monoisotopic (exact) mass is 374 g/mol.